The molecule has 1 fully saturated rings. The van der Waals surface area contributed by atoms with Crippen molar-refractivity contribution in [3.63, 3.8) is 0 Å². The molecular formula is C12H19NO3. The number of carbonyl (C=O) groups is 1. The third kappa shape index (κ3) is 3.84. The van der Waals surface area contributed by atoms with Gasteiger partial charge in [-0.1, -0.05) is 0 Å². The summed E-state index contributed by atoms with van der Waals surface area (Å²) in [6, 6.07) is -0.172. The molecule has 16 heavy (non-hydrogen) atoms. The molecular weight excluding hydrogens is 206 g/mol. The number of terminal acetylenes is 1. The van der Waals surface area contributed by atoms with Crippen LogP contribution in [0.25, 0.3) is 0 Å². The first-order valence-electron chi connectivity index (χ1n) is 5.71. The smallest absolute Gasteiger partial charge is 0.223 e. The van der Waals surface area contributed by atoms with Crippen molar-refractivity contribution < 1.29 is 14.6 Å². The quantitative estimate of drug-likeness (QED) is 0.544. The van der Waals surface area contributed by atoms with Crippen molar-refractivity contribution in [2.24, 2.45) is 0 Å². The predicted molar refractivity (Wildman–Crippen MR) is 60.7 cm³/mol. The summed E-state index contributed by atoms with van der Waals surface area (Å²) in [6.07, 6.45) is 8.07. The summed E-state index contributed by atoms with van der Waals surface area (Å²) in [5.74, 6) is 2.65. The third-order valence-electron chi connectivity index (χ3n) is 2.72. The van der Waals surface area contributed by atoms with Crippen LogP contribution in [0.2, 0.25) is 0 Å². The zero-order valence-electron chi connectivity index (χ0n) is 9.52. The standard InChI is InChI=1S/C12H19NO3/c1-2-3-4-5-6-12(15)13-7-8-16-10-11(13)9-14/h1,11,14H,3-10H2. The Morgan fingerprint density at radius 1 is 1.56 bits per heavy atom. The highest BCUT2D eigenvalue weighted by Crippen LogP contribution is 2.10. The van der Waals surface area contributed by atoms with Crippen LogP contribution in [-0.4, -0.2) is 48.3 Å². The number of aliphatic hydroxyl groups is 1. The molecule has 1 atom stereocenters. The largest absolute Gasteiger partial charge is 0.394 e. The Labute approximate surface area is 96.6 Å². The van der Waals surface area contributed by atoms with Crippen molar-refractivity contribution in [2.75, 3.05) is 26.4 Å². The minimum atomic E-state index is -0.172. The Morgan fingerprint density at radius 2 is 2.38 bits per heavy atom. The molecule has 1 rings (SSSR count). The van der Waals surface area contributed by atoms with Gasteiger partial charge in [-0.15, -0.1) is 12.3 Å². The summed E-state index contributed by atoms with van der Waals surface area (Å²) in [5, 5.41) is 9.12. The van der Waals surface area contributed by atoms with Crippen LogP contribution < -0.4 is 0 Å². The lowest BCUT2D eigenvalue weighted by atomic mass is 10.1. The van der Waals surface area contributed by atoms with E-state index < -0.39 is 0 Å². The van der Waals surface area contributed by atoms with Crippen LogP contribution in [0.1, 0.15) is 25.7 Å². The van der Waals surface area contributed by atoms with Crippen molar-refractivity contribution in [2.45, 2.75) is 31.7 Å². The fraction of sp³-hybridized carbons (Fsp3) is 0.750. The maximum Gasteiger partial charge on any atom is 0.223 e. The highest BCUT2D eigenvalue weighted by atomic mass is 16.5. The summed E-state index contributed by atoms with van der Waals surface area (Å²) < 4.78 is 5.22. The van der Waals surface area contributed by atoms with E-state index in [1.165, 1.54) is 0 Å². The van der Waals surface area contributed by atoms with Gasteiger partial charge in [0.05, 0.1) is 25.9 Å². The monoisotopic (exact) mass is 225 g/mol. The lowest BCUT2D eigenvalue weighted by Gasteiger charge is -2.34. The van der Waals surface area contributed by atoms with E-state index in [2.05, 4.69) is 5.92 Å². The molecule has 1 aliphatic heterocycles. The van der Waals surface area contributed by atoms with Gasteiger partial charge in [0, 0.05) is 19.4 Å². The van der Waals surface area contributed by atoms with Crippen LogP contribution in [0.15, 0.2) is 0 Å². The van der Waals surface area contributed by atoms with Crippen molar-refractivity contribution in [3.05, 3.63) is 0 Å². The number of aliphatic hydroxyl groups excluding tert-OH is 1. The second-order valence-electron chi connectivity index (χ2n) is 3.91. The highest BCUT2D eigenvalue weighted by molar-refractivity contribution is 5.76. The van der Waals surface area contributed by atoms with Gasteiger partial charge in [-0.05, 0) is 12.8 Å². The van der Waals surface area contributed by atoms with Gasteiger partial charge >= 0.3 is 0 Å². The molecule has 0 saturated carbocycles. The minimum absolute atomic E-state index is 0.0317. The summed E-state index contributed by atoms with van der Waals surface area (Å²) >= 11 is 0. The van der Waals surface area contributed by atoms with Crippen molar-refractivity contribution in [3.8, 4) is 12.3 Å². The SMILES string of the molecule is C#CCCCCC(=O)N1CCOCC1CO. The van der Waals surface area contributed by atoms with Gasteiger partial charge in [-0.2, -0.15) is 0 Å². The van der Waals surface area contributed by atoms with E-state index in [9.17, 15) is 4.79 Å². The summed E-state index contributed by atoms with van der Waals surface area (Å²) in [7, 11) is 0. The minimum Gasteiger partial charge on any atom is -0.394 e. The number of unbranched alkanes of at least 4 members (excludes halogenated alkanes) is 2. The number of morpholine rings is 1. The molecule has 0 radical (unpaired) electrons. The van der Waals surface area contributed by atoms with Crippen LogP contribution in [0.3, 0.4) is 0 Å². The van der Waals surface area contributed by atoms with Crippen LogP contribution in [0.5, 0.6) is 0 Å². The lowest BCUT2D eigenvalue weighted by Crippen LogP contribution is -2.50. The number of hydrogen-bond donors (Lipinski definition) is 1. The third-order valence-corrected chi connectivity index (χ3v) is 2.72. The maximum absolute atomic E-state index is 11.8. The van der Waals surface area contributed by atoms with Gasteiger partial charge in [0.15, 0.2) is 0 Å². The molecule has 0 aromatic carbocycles. The first-order valence-corrected chi connectivity index (χ1v) is 5.71. The Hall–Kier alpha value is -1.05. The van der Waals surface area contributed by atoms with E-state index in [1.807, 2.05) is 0 Å². The van der Waals surface area contributed by atoms with Gasteiger partial charge < -0.3 is 14.7 Å². The number of hydrogen-bond acceptors (Lipinski definition) is 3. The van der Waals surface area contributed by atoms with Crippen LogP contribution in [0.4, 0.5) is 0 Å². The van der Waals surface area contributed by atoms with Crippen LogP contribution in [0, 0.1) is 12.3 Å². The number of carbonyl (C=O) groups excluding carboxylic acids is 1. The second kappa shape index (κ2) is 7.26. The number of nitrogens with zero attached hydrogens (tertiary/aromatic N) is 1. The topological polar surface area (TPSA) is 49.8 Å². The molecule has 0 aromatic rings. The average molecular weight is 225 g/mol. The van der Waals surface area contributed by atoms with E-state index in [-0.39, 0.29) is 18.6 Å². The van der Waals surface area contributed by atoms with Crippen molar-refractivity contribution in [1.82, 2.24) is 4.90 Å². The first kappa shape index (κ1) is 13.0. The number of rotatable bonds is 5. The van der Waals surface area contributed by atoms with Gasteiger partial charge in [0.25, 0.3) is 0 Å². The van der Waals surface area contributed by atoms with E-state index in [4.69, 9.17) is 16.3 Å². The van der Waals surface area contributed by atoms with E-state index >= 15 is 0 Å². The Morgan fingerprint density at radius 3 is 3.06 bits per heavy atom. The van der Waals surface area contributed by atoms with Crippen LogP contribution in [-0.2, 0) is 9.53 Å². The number of ether oxygens (including phenoxy) is 1. The van der Waals surface area contributed by atoms with Gasteiger partial charge in [0.2, 0.25) is 5.91 Å². The van der Waals surface area contributed by atoms with E-state index in [0.29, 0.717) is 26.2 Å². The number of amides is 1. The molecule has 4 nitrogen and oxygen atoms in total. The summed E-state index contributed by atoms with van der Waals surface area (Å²) in [5.41, 5.74) is 0. The Bertz CT molecular complexity index is 259. The van der Waals surface area contributed by atoms with Crippen molar-refractivity contribution >= 4 is 5.91 Å². The molecule has 1 aliphatic rings. The molecule has 0 aliphatic carbocycles. The van der Waals surface area contributed by atoms with E-state index in [1.54, 1.807) is 4.90 Å². The predicted octanol–water partition coefficient (Wildman–Crippen LogP) is 0.400. The van der Waals surface area contributed by atoms with Gasteiger partial charge in [-0.3, -0.25) is 4.79 Å². The fourth-order valence-electron chi connectivity index (χ4n) is 1.78. The second-order valence-corrected chi connectivity index (χ2v) is 3.91. The maximum atomic E-state index is 11.8. The molecule has 0 spiro atoms. The lowest BCUT2D eigenvalue weighted by molar-refractivity contribution is -0.141. The molecule has 4 heteroatoms. The zero-order chi connectivity index (χ0) is 11.8. The fourth-order valence-corrected chi connectivity index (χ4v) is 1.78. The van der Waals surface area contributed by atoms with E-state index in [0.717, 1.165) is 19.3 Å². The molecule has 1 heterocycles. The molecule has 0 bridgehead atoms. The average Bonchev–Trinajstić information content (AvgIpc) is 2.34. The van der Waals surface area contributed by atoms with Gasteiger partial charge in [0.1, 0.15) is 0 Å². The van der Waals surface area contributed by atoms with Crippen molar-refractivity contribution in [1.29, 1.82) is 0 Å². The molecule has 1 N–H and O–H groups in total. The highest BCUT2D eigenvalue weighted by Gasteiger charge is 2.25. The van der Waals surface area contributed by atoms with Crippen LogP contribution >= 0.6 is 0 Å². The normalized spacial score (nSPS) is 20.5. The summed E-state index contributed by atoms with van der Waals surface area (Å²) in [6.45, 7) is 1.55. The first-order chi connectivity index (χ1) is 7.79. The Kier molecular flexibility index (Phi) is 5.91. The Balaban J connectivity index is 2.30. The molecule has 0 aromatic heterocycles. The summed E-state index contributed by atoms with van der Waals surface area (Å²) in [4.78, 5) is 13.6. The molecule has 1 saturated heterocycles. The molecule has 1 amide bonds. The molecule has 1 unspecified atom stereocenters. The van der Waals surface area contributed by atoms with Gasteiger partial charge in [-0.25, -0.2) is 0 Å². The molecule has 90 valence electrons. The zero-order valence-corrected chi connectivity index (χ0v) is 9.52.